The lowest BCUT2D eigenvalue weighted by molar-refractivity contribution is -0.118. The molecule has 1 N–H and O–H groups in total. The predicted octanol–water partition coefficient (Wildman–Crippen LogP) is 5.09. The number of hydrogen-bond acceptors (Lipinski definition) is 3. The van der Waals surface area contributed by atoms with Gasteiger partial charge < -0.3 is 15.0 Å². The molecule has 0 spiro atoms. The van der Waals surface area contributed by atoms with E-state index in [1.54, 1.807) is 12.1 Å². The van der Waals surface area contributed by atoms with Crippen LogP contribution in [0.1, 0.15) is 61.9 Å². The molecule has 5 heteroatoms. The third kappa shape index (κ3) is 5.41. The molecular formula is C25H32N2O3. The Bertz CT molecular complexity index is 872. The normalized spacial score (nSPS) is 15.5. The number of piperidine rings is 1. The van der Waals surface area contributed by atoms with Crippen molar-refractivity contribution in [1.29, 1.82) is 0 Å². The fraction of sp³-hybridized carbons (Fsp3) is 0.440. The van der Waals surface area contributed by atoms with Crippen molar-refractivity contribution < 1.29 is 14.3 Å². The molecule has 3 rings (SSSR count). The minimum atomic E-state index is -0.276. The van der Waals surface area contributed by atoms with Crippen molar-refractivity contribution in [3.8, 4) is 5.75 Å². The first-order valence-corrected chi connectivity index (χ1v) is 10.9. The standard InChI is InChI=1S/C25H32N2O3/c1-4-19(3)20-9-6-8-12-23(20)30-17-24(28)26-22-11-7-5-10-21(22)25(29)27-15-13-18(2)14-16-27/h5-12,18-19H,4,13-17H2,1-3H3,(H,26,28). The summed E-state index contributed by atoms with van der Waals surface area (Å²) in [5.74, 6) is 1.44. The van der Waals surface area contributed by atoms with Gasteiger partial charge in [-0.15, -0.1) is 0 Å². The molecule has 1 fully saturated rings. The third-order valence-electron chi connectivity index (χ3n) is 5.92. The quantitative estimate of drug-likeness (QED) is 0.694. The molecule has 0 bridgehead atoms. The summed E-state index contributed by atoms with van der Waals surface area (Å²) in [6, 6.07) is 15.0. The minimum absolute atomic E-state index is 0.0270. The second-order valence-electron chi connectivity index (χ2n) is 8.20. The molecule has 160 valence electrons. The van der Waals surface area contributed by atoms with Gasteiger partial charge in [0.05, 0.1) is 11.3 Å². The van der Waals surface area contributed by atoms with Crippen molar-refractivity contribution >= 4 is 17.5 Å². The van der Waals surface area contributed by atoms with Gasteiger partial charge >= 0.3 is 0 Å². The van der Waals surface area contributed by atoms with Gasteiger partial charge in [-0.05, 0) is 54.9 Å². The highest BCUT2D eigenvalue weighted by Crippen LogP contribution is 2.28. The van der Waals surface area contributed by atoms with Gasteiger partial charge in [-0.1, -0.05) is 51.1 Å². The molecule has 1 unspecified atom stereocenters. The smallest absolute Gasteiger partial charge is 0.262 e. The molecule has 1 saturated heterocycles. The van der Waals surface area contributed by atoms with Crippen LogP contribution in [-0.2, 0) is 4.79 Å². The molecule has 1 aliphatic heterocycles. The number of likely N-dealkylation sites (tertiary alicyclic amines) is 1. The van der Waals surface area contributed by atoms with Crippen LogP contribution in [0.3, 0.4) is 0 Å². The van der Waals surface area contributed by atoms with E-state index >= 15 is 0 Å². The van der Waals surface area contributed by atoms with Crippen molar-refractivity contribution in [3.05, 3.63) is 59.7 Å². The number of benzene rings is 2. The van der Waals surface area contributed by atoms with Gasteiger partial charge in [0.25, 0.3) is 11.8 Å². The summed E-state index contributed by atoms with van der Waals surface area (Å²) in [7, 11) is 0. The summed E-state index contributed by atoms with van der Waals surface area (Å²) in [5, 5.41) is 2.86. The van der Waals surface area contributed by atoms with Crippen molar-refractivity contribution in [3.63, 3.8) is 0 Å². The van der Waals surface area contributed by atoms with E-state index in [1.807, 2.05) is 41.3 Å². The number of nitrogens with one attached hydrogen (secondary N) is 1. The molecule has 0 saturated carbocycles. The van der Waals surface area contributed by atoms with Gasteiger partial charge in [0, 0.05) is 13.1 Å². The van der Waals surface area contributed by atoms with Crippen molar-refractivity contribution in [2.24, 2.45) is 5.92 Å². The highest BCUT2D eigenvalue weighted by molar-refractivity contribution is 6.04. The summed E-state index contributed by atoms with van der Waals surface area (Å²) in [5.41, 5.74) is 2.16. The minimum Gasteiger partial charge on any atom is -0.483 e. The summed E-state index contributed by atoms with van der Waals surface area (Å²) in [6.45, 7) is 7.92. The number of hydrogen-bond donors (Lipinski definition) is 1. The van der Waals surface area contributed by atoms with Crippen molar-refractivity contribution in [2.45, 2.75) is 46.0 Å². The Labute approximate surface area is 179 Å². The maximum absolute atomic E-state index is 13.0. The van der Waals surface area contributed by atoms with E-state index in [1.165, 1.54) is 0 Å². The van der Waals surface area contributed by atoms with Crippen LogP contribution in [0.15, 0.2) is 48.5 Å². The second-order valence-corrected chi connectivity index (χ2v) is 8.20. The van der Waals surface area contributed by atoms with E-state index in [9.17, 15) is 9.59 Å². The van der Waals surface area contributed by atoms with Gasteiger partial charge in [-0.25, -0.2) is 0 Å². The Balaban J connectivity index is 1.65. The summed E-state index contributed by atoms with van der Waals surface area (Å²) < 4.78 is 5.82. The molecule has 2 aromatic carbocycles. The lowest BCUT2D eigenvalue weighted by Crippen LogP contribution is -2.38. The number of anilines is 1. The van der Waals surface area contributed by atoms with Crippen LogP contribution in [0.2, 0.25) is 0 Å². The Morgan fingerprint density at radius 1 is 1.10 bits per heavy atom. The topological polar surface area (TPSA) is 58.6 Å². The van der Waals surface area contributed by atoms with E-state index in [4.69, 9.17) is 4.74 Å². The average Bonchev–Trinajstić information content (AvgIpc) is 2.78. The summed E-state index contributed by atoms with van der Waals surface area (Å²) >= 11 is 0. The van der Waals surface area contributed by atoms with E-state index in [-0.39, 0.29) is 18.4 Å². The zero-order valence-electron chi connectivity index (χ0n) is 18.2. The fourth-order valence-corrected chi connectivity index (χ4v) is 3.73. The van der Waals surface area contributed by atoms with Gasteiger partial charge in [0.1, 0.15) is 5.75 Å². The molecular weight excluding hydrogens is 376 g/mol. The number of nitrogens with zero attached hydrogens (tertiary/aromatic N) is 1. The Hall–Kier alpha value is -2.82. The Kier molecular flexibility index (Phi) is 7.50. The van der Waals surface area contributed by atoms with Crippen LogP contribution in [0, 0.1) is 5.92 Å². The van der Waals surface area contributed by atoms with E-state index in [2.05, 4.69) is 26.1 Å². The molecule has 1 heterocycles. The lowest BCUT2D eigenvalue weighted by Gasteiger charge is -2.30. The molecule has 0 radical (unpaired) electrons. The molecule has 0 aliphatic carbocycles. The van der Waals surface area contributed by atoms with E-state index in [0.29, 0.717) is 23.1 Å². The van der Waals surface area contributed by atoms with E-state index in [0.717, 1.165) is 43.7 Å². The average molecular weight is 409 g/mol. The number of amides is 2. The lowest BCUT2D eigenvalue weighted by atomic mass is 9.98. The van der Waals surface area contributed by atoms with Crippen LogP contribution in [0.4, 0.5) is 5.69 Å². The van der Waals surface area contributed by atoms with Crippen LogP contribution >= 0.6 is 0 Å². The van der Waals surface area contributed by atoms with Gasteiger partial charge in [-0.2, -0.15) is 0 Å². The predicted molar refractivity (Wildman–Crippen MR) is 120 cm³/mol. The number of ether oxygens (including phenoxy) is 1. The summed E-state index contributed by atoms with van der Waals surface area (Å²) in [4.78, 5) is 27.4. The van der Waals surface area contributed by atoms with Gasteiger partial charge in [0.15, 0.2) is 6.61 Å². The number of rotatable bonds is 7. The molecule has 2 aromatic rings. The molecule has 30 heavy (non-hydrogen) atoms. The molecule has 1 aliphatic rings. The first kappa shape index (κ1) is 21.9. The van der Waals surface area contributed by atoms with Crippen LogP contribution in [0.5, 0.6) is 5.75 Å². The Morgan fingerprint density at radius 3 is 2.50 bits per heavy atom. The molecule has 2 amide bonds. The molecule has 0 aromatic heterocycles. The first-order chi connectivity index (χ1) is 14.5. The van der Waals surface area contributed by atoms with Crippen LogP contribution in [0.25, 0.3) is 0 Å². The van der Waals surface area contributed by atoms with E-state index < -0.39 is 0 Å². The highest BCUT2D eigenvalue weighted by atomic mass is 16.5. The SMILES string of the molecule is CCC(C)c1ccccc1OCC(=O)Nc1ccccc1C(=O)N1CCC(C)CC1. The molecule has 1 atom stereocenters. The maximum atomic E-state index is 13.0. The van der Waals surface area contributed by atoms with Gasteiger partial charge in [0.2, 0.25) is 0 Å². The van der Waals surface area contributed by atoms with Crippen LogP contribution in [-0.4, -0.2) is 36.4 Å². The molecule has 5 nitrogen and oxygen atoms in total. The Morgan fingerprint density at radius 2 is 1.77 bits per heavy atom. The number of para-hydroxylation sites is 2. The van der Waals surface area contributed by atoms with Crippen molar-refractivity contribution in [1.82, 2.24) is 4.90 Å². The fourth-order valence-electron chi connectivity index (χ4n) is 3.73. The first-order valence-electron chi connectivity index (χ1n) is 10.9. The third-order valence-corrected chi connectivity index (χ3v) is 5.92. The largest absolute Gasteiger partial charge is 0.483 e. The summed E-state index contributed by atoms with van der Waals surface area (Å²) in [6.07, 6.45) is 3.03. The van der Waals surface area contributed by atoms with Crippen molar-refractivity contribution in [2.75, 3.05) is 25.0 Å². The number of carbonyl (C=O) groups excluding carboxylic acids is 2. The zero-order chi connectivity index (χ0) is 21.5. The van der Waals surface area contributed by atoms with Gasteiger partial charge in [-0.3, -0.25) is 9.59 Å². The maximum Gasteiger partial charge on any atom is 0.262 e. The monoisotopic (exact) mass is 408 g/mol. The zero-order valence-corrected chi connectivity index (χ0v) is 18.2. The second kappa shape index (κ2) is 10.3. The highest BCUT2D eigenvalue weighted by Gasteiger charge is 2.23. The number of carbonyl (C=O) groups is 2. The van der Waals surface area contributed by atoms with Crippen LogP contribution < -0.4 is 10.1 Å².